The molecule has 1 aliphatic heterocycles. The Hall–Kier alpha value is -1.82. The predicted molar refractivity (Wildman–Crippen MR) is 71.3 cm³/mol. The number of halogens is 1. The van der Waals surface area contributed by atoms with Crippen LogP contribution in [0, 0.1) is 5.82 Å². The number of nitrogens with one attached hydrogen (secondary N) is 1. The first-order valence-corrected chi connectivity index (χ1v) is 6.32. The van der Waals surface area contributed by atoms with E-state index in [1.807, 2.05) is 0 Å². The van der Waals surface area contributed by atoms with Gasteiger partial charge in [-0.1, -0.05) is 6.07 Å². The third-order valence-corrected chi connectivity index (χ3v) is 3.07. The number of nitrogens with zero attached hydrogens (tertiary/aromatic N) is 1. The largest absolute Gasteiger partial charge is 0.395 e. The summed E-state index contributed by atoms with van der Waals surface area (Å²) < 4.78 is 18.4. The van der Waals surface area contributed by atoms with E-state index in [1.54, 1.807) is 17.0 Å². The molecule has 3 N–H and O–H groups in total. The highest BCUT2D eigenvalue weighted by molar-refractivity contribution is 5.77. The Morgan fingerprint density at radius 2 is 2.16 bits per heavy atom. The van der Waals surface area contributed by atoms with Gasteiger partial charge in [-0.05, 0) is 12.1 Å². The number of para-hydroxylation sites is 1. The molecular formula is C13H18FN3O2. The summed E-state index contributed by atoms with van der Waals surface area (Å²) in [6.07, 6.45) is 0.357. The Kier molecular flexibility index (Phi) is 4.57. The number of hydrogen-bond acceptors (Lipinski definition) is 4. The second kappa shape index (κ2) is 6.38. The molecule has 2 rings (SSSR count). The van der Waals surface area contributed by atoms with Gasteiger partial charge >= 0.3 is 0 Å². The molecule has 1 saturated heterocycles. The summed E-state index contributed by atoms with van der Waals surface area (Å²) >= 11 is 0. The average Bonchev–Trinajstić information content (AvgIpc) is 2.44. The van der Waals surface area contributed by atoms with Gasteiger partial charge in [-0.2, -0.15) is 0 Å². The smallest absolute Gasteiger partial charge is 0.224 e. The monoisotopic (exact) mass is 267 g/mol. The first-order valence-electron chi connectivity index (χ1n) is 6.32. The van der Waals surface area contributed by atoms with Gasteiger partial charge in [0.15, 0.2) is 0 Å². The summed E-state index contributed by atoms with van der Waals surface area (Å²) in [4.78, 5) is 13.6. The molecule has 1 amide bonds. The first-order chi connectivity index (χ1) is 9.18. The Labute approximate surface area is 111 Å². The van der Waals surface area contributed by atoms with Crippen molar-refractivity contribution in [2.75, 3.05) is 43.9 Å². The molecule has 104 valence electrons. The Morgan fingerprint density at radius 3 is 2.89 bits per heavy atom. The van der Waals surface area contributed by atoms with Crippen LogP contribution in [0.15, 0.2) is 18.2 Å². The molecule has 5 nitrogen and oxygen atoms in total. The van der Waals surface area contributed by atoms with Gasteiger partial charge in [-0.25, -0.2) is 4.39 Å². The quantitative estimate of drug-likeness (QED) is 0.801. The summed E-state index contributed by atoms with van der Waals surface area (Å²) in [5, 5.41) is 2.98. The topological polar surface area (TPSA) is 67.6 Å². The van der Waals surface area contributed by atoms with Crippen LogP contribution >= 0.6 is 0 Å². The zero-order valence-electron chi connectivity index (χ0n) is 10.7. The predicted octanol–water partition coefficient (Wildman–Crippen LogP) is 1.07. The first kappa shape index (κ1) is 13.6. The highest BCUT2D eigenvalue weighted by Gasteiger charge is 2.16. The van der Waals surface area contributed by atoms with Crippen LogP contribution in [-0.4, -0.2) is 43.7 Å². The Bertz CT molecular complexity index is 448. The van der Waals surface area contributed by atoms with E-state index in [0.29, 0.717) is 45.0 Å². The van der Waals surface area contributed by atoms with Crippen LogP contribution in [0.3, 0.4) is 0 Å². The van der Waals surface area contributed by atoms with Crippen LogP contribution < -0.4 is 11.1 Å². The van der Waals surface area contributed by atoms with Gasteiger partial charge in [-0.15, -0.1) is 0 Å². The number of morpholine rings is 1. The molecule has 0 saturated carbocycles. The molecule has 1 fully saturated rings. The number of ether oxygens (including phenoxy) is 1. The van der Waals surface area contributed by atoms with Gasteiger partial charge in [0, 0.05) is 26.1 Å². The molecule has 0 aliphatic carbocycles. The van der Waals surface area contributed by atoms with E-state index in [9.17, 15) is 9.18 Å². The van der Waals surface area contributed by atoms with E-state index in [0.717, 1.165) is 0 Å². The van der Waals surface area contributed by atoms with E-state index in [4.69, 9.17) is 10.5 Å². The fraction of sp³-hybridized carbons (Fsp3) is 0.462. The molecular weight excluding hydrogens is 249 g/mol. The molecule has 0 radical (unpaired) electrons. The minimum atomic E-state index is -0.454. The van der Waals surface area contributed by atoms with E-state index in [-0.39, 0.29) is 11.6 Å². The second-order valence-electron chi connectivity index (χ2n) is 4.37. The van der Waals surface area contributed by atoms with Gasteiger partial charge in [0.05, 0.1) is 24.6 Å². The number of amides is 1. The van der Waals surface area contributed by atoms with E-state index in [1.165, 1.54) is 6.07 Å². The summed E-state index contributed by atoms with van der Waals surface area (Å²) in [6.45, 7) is 2.90. The van der Waals surface area contributed by atoms with Gasteiger partial charge in [0.25, 0.3) is 0 Å². The number of rotatable bonds is 4. The number of nitrogen functional groups attached to an aromatic ring is 1. The molecule has 6 heteroatoms. The van der Waals surface area contributed by atoms with Gasteiger partial charge in [-0.3, -0.25) is 4.79 Å². The fourth-order valence-electron chi connectivity index (χ4n) is 1.97. The molecule has 0 atom stereocenters. The lowest BCUT2D eigenvalue weighted by Gasteiger charge is -2.27. The van der Waals surface area contributed by atoms with E-state index in [2.05, 4.69) is 5.32 Å². The number of nitrogens with two attached hydrogens (primary N) is 1. The molecule has 0 bridgehead atoms. The average molecular weight is 267 g/mol. The maximum atomic E-state index is 13.2. The summed E-state index contributed by atoms with van der Waals surface area (Å²) in [6, 6.07) is 4.58. The van der Waals surface area contributed by atoms with Crippen molar-refractivity contribution in [3.05, 3.63) is 24.0 Å². The minimum absolute atomic E-state index is 0.0748. The maximum absolute atomic E-state index is 13.2. The second-order valence-corrected chi connectivity index (χ2v) is 4.37. The molecule has 1 heterocycles. The molecule has 1 aromatic carbocycles. The van der Waals surface area contributed by atoms with Crippen molar-refractivity contribution in [2.45, 2.75) is 6.42 Å². The van der Waals surface area contributed by atoms with Crippen molar-refractivity contribution in [1.29, 1.82) is 0 Å². The van der Waals surface area contributed by atoms with Crippen LogP contribution in [0.2, 0.25) is 0 Å². The van der Waals surface area contributed by atoms with Crippen molar-refractivity contribution in [1.82, 2.24) is 4.90 Å². The normalized spacial score (nSPS) is 15.3. The van der Waals surface area contributed by atoms with Crippen molar-refractivity contribution in [3.8, 4) is 0 Å². The van der Waals surface area contributed by atoms with E-state index < -0.39 is 5.82 Å². The van der Waals surface area contributed by atoms with Gasteiger partial charge in [0.2, 0.25) is 5.91 Å². The standard InChI is InChI=1S/C13H18FN3O2/c14-10-2-1-3-11(13(10)15)16-5-4-12(18)17-6-8-19-9-7-17/h1-3,16H,4-9,15H2. The van der Waals surface area contributed by atoms with Crippen LogP contribution in [0.1, 0.15) is 6.42 Å². The SMILES string of the molecule is Nc1c(F)cccc1NCCC(=O)N1CCOCC1. The Balaban J connectivity index is 1.79. The number of anilines is 2. The maximum Gasteiger partial charge on any atom is 0.224 e. The highest BCUT2D eigenvalue weighted by Crippen LogP contribution is 2.20. The van der Waals surface area contributed by atoms with Crippen LogP contribution in [0.5, 0.6) is 0 Å². The fourth-order valence-corrected chi connectivity index (χ4v) is 1.97. The molecule has 1 aromatic rings. The number of carbonyl (C=O) groups excluding carboxylic acids is 1. The summed E-state index contributed by atoms with van der Waals surface area (Å²) in [5.74, 6) is -0.379. The van der Waals surface area contributed by atoms with Crippen molar-refractivity contribution >= 4 is 17.3 Å². The summed E-state index contributed by atoms with van der Waals surface area (Å²) in [7, 11) is 0. The van der Waals surface area contributed by atoms with E-state index >= 15 is 0 Å². The minimum Gasteiger partial charge on any atom is -0.395 e. The van der Waals surface area contributed by atoms with Gasteiger partial charge < -0.3 is 20.7 Å². The molecule has 19 heavy (non-hydrogen) atoms. The molecule has 0 unspecified atom stereocenters. The molecule has 0 spiro atoms. The number of hydrogen-bond donors (Lipinski definition) is 2. The highest BCUT2D eigenvalue weighted by atomic mass is 19.1. The molecule has 1 aliphatic rings. The third-order valence-electron chi connectivity index (χ3n) is 3.07. The van der Waals surface area contributed by atoms with Crippen LogP contribution in [0.25, 0.3) is 0 Å². The van der Waals surface area contributed by atoms with Crippen molar-refractivity contribution < 1.29 is 13.9 Å². The van der Waals surface area contributed by atoms with Gasteiger partial charge in [0.1, 0.15) is 5.82 Å². The number of carbonyl (C=O) groups is 1. The lowest BCUT2D eigenvalue weighted by molar-refractivity contribution is -0.134. The third kappa shape index (κ3) is 3.57. The molecule has 0 aromatic heterocycles. The van der Waals surface area contributed by atoms with Crippen LogP contribution in [-0.2, 0) is 9.53 Å². The van der Waals surface area contributed by atoms with Crippen molar-refractivity contribution in [3.63, 3.8) is 0 Å². The summed E-state index contributed by atoms with van der Waals surface area (Å²) in [5.41, 5.74) is 6.20. The zero-order chi connectivity index (χ0) is 13.7. The zero-order valence-corrected chi connectivity index (χ0v) is 10.7. The Morgan fingerprint density at radius 1 is 1.42 bits per heavy atom. The van der Waals surface area contributed by atoms with Crippen molar-refractivity contribution in [2.24, 2.45) is 0 Å². The lowest BCUT2D eigenvalue weighted by atomic mass is 10.2. The lowest BCUT2D eigenvalue weighted by Crippen LogP contribution is -2.41. The van der Waals surface area contributed by atoms with Crippen LogP contribution in [0.4, 0.5) is 15.8 Å². The number of benzene rings is 1.